The van der Waals surface area contributed by atoms with Gasteiger partial charge in [0, 0.05) is 30.8 Å². The Morgan fingerprint density at radius 1 is 1.31 bits per heavy atom. The van der Waals surface area contributed by atoms with E-state index in [9.17, 15) is 14.4 Å². The molecule has 9 nitrogen and oxygen atoms in total. The lowest BCUT2D eigenvalue weighted by molar-refractivity contribution is -0.125. The van der Waals surface area contributed by atoms with Crippen molar-refractivity contribution in [3.05, 3.63) is 30.1 Å². The van der Waals surface area contributed by atoms with Crippen molar-refractivity contribution in [3.8, 4) is 5.69 Å². The maximum absolute atomic E-state index is 11.7. The zero-order valence-corrected chi connectivity index (χ0v) is 16.9. The van der Waals surface area contributed by atoms with Crippen LogP contribution in [0.1, 0.15) is 37.9 Å². The Morgan fingerprint density at radius 3 is 2.83 bits per heavy atom. The largest absolute Gasteiger partial charge is 0.329 e. The van der Waals surface area contributed by atoms with E-state index < -0.39 is 0 Å². The number of rotatable bonds is 8. The van der Waals surface area contributed by atoms with Crippen molar-refractivity contribution < 1.29 is 14.4 Å². The summed E-state index contributed by atoms with van der Waals surface area (Å²) in [5, 5.41) is 14.9. The number of hydrogen-bond acceptors (Lipinski definition) is 6. The lowest BCUT2D eigenvalue weighted by Crippen LogP contribution is -2.32. The van der Waals surface area contributed by atoms with Gasteiger partial charge in [-0.05, 0) is 37.5 Å². The maximum atomic E-state index is 11.7. The van der Waals surface area contributed by atoms with Crippen LogP contribution >= 0.6 is 11.8 Å². The molecule has 4 amide bonds. The molecule has 0 bridgehead atoms. The first-order valence-corrected chi connectivity index (χ1v) is 10.6. The molecule has 0 unspecified atom stereocenters. The first-order valence-electron chi connectivity index (χ1n) is 9.57. The summed E-state index contributed by atoms with van der Waals surface area (Å²) in [4.78, 5) is 35.9. The normalized spacial score (nSPS) is 16.2. The van der Waals surface area contributed by atoms with Gasteiger partial charge in [-0.15, -0.1) is 10.2 Å². The fourth-order valence-corrected chi connectivity index (χ4v) is 4.10. The number of amides is 4. The van der Waals surface area contributed by atoms with Crippen LogP contribution < -0.4 is 10.6 Å². The second kappa shape index (κ2) is 8.24. The molecular formula is C19H22N6O3S. The quantitative estimate of drug-likeness (QED) is 0.389. The first kappa shape index (κ1) is 19.4. The number of nitrogens with one attached hydrogen (secondary N) is 2. The van der Waals surface area contributed by atoms with E-state index in [-0.39, 0.29) is 24.4 Å². The molecule has 2 fully saturated rings. The third-order valence-electron chi connectivity index (χ3n) is 4.72. The molecule has 1 aromatic heterocycles. The van der Waals surface area contributed by atoms with Crippen molar-refractivity contribution in [2.75, 3.05) is 24.2 Å². The molecule has 152 valence electrons. The summed E-state index contributed by atoms with van der Waals surface area (Å²) in [5.41, 5.74) is 1.62. The fourth-order valence-electron chi connectivity index (χ4n) is 3.22. The Labute approximate surface area is 172 Å². The van der Waals surface area contributed by atoms with E-state index in [1.807, 2.05) is 28.8 Å². The molecule has 0 atom stereocenters. The van der Waals surface area contributed by atoms with E-state index in [4.69, 9.17) is 0 Å². The van der Waals surface area contributed by atoms with Crippen LogP contribution in [0.2, 0.25) is 0 Å². The van der Waals surface area contributed by atoms with Crippen molar-refractivity contribution >= 4 is 35.3 Å². The summed E-state index contributed by atoms with van der Waals surface area (Å²) >= 11 is 1.55. The Morgan fingerprint density at radius 2 is 2.14 bits per heavy atom. The molecule has 2 aliphatic rings. The highest BCUT2D eigenvalue weighted by Crippen LogP contribution is 2.41. The second-order valence-electron chi connectivity index (χ2n) is 7.09. The van der Waals surface area contributed by atoms with E-state index in [0.717, 1.165) is 35.2 Å². The van der Waals surface area contributed by atoms with Crippen LogP contribution in [-0.2, 0) is 9.59 Å². The minimum Gasteiger partial charge on any atom is -0.329 e. The number of benzene rings is 1. The van der Waals surface area contributed by atoms with Gasteiger partial charge in [-0.3, -0.25) is 19.1 Å². The second-order valence-corrected chi connectivity index (χ2v) is 8.15. The van der Waals surface area contributed by atoms with Crippen molar-refractivity contribution in [2.24, 2.45) is 0 Å². The Balaban J connectivity index is 1.47. The zero-order chi connectivity index (χ0) is 20.4. The molecule has 4 rings (SSSR count). The minimum absolute atomic E-state index is 0.0791. The summed E-state index contributed by atoms with van der Waals surface area (Å²) in [6.07, 6.45) is 2.86. The van der Waals surface area contributed by atoms with E-state index >= 15 is 0 Å². The van der Waals surface area contributed by atoms with Crippen LogP contribution in [0, 0.1) is 0 Å². The Hall–Kier alpha value is -2.88. The summed E-state index contributed by atoms with van der Waals surface area (Å²) in [7, 11) is 0. The molecule has 29 heavy (non-hydrogen) atoms. The molecule has 0 spiro atoms. The monoisotopic (exact) mass is 414 g/mol. The average Bonchev–Trinajstić information content (AvgIpc) is 3.37. The smallest absolute Gasteiger partial charge is 0.324 e. The molecule has 1 aromatic carbocycles. The topological polar surface area (TPSA) is 109 Å². The lowest BCUT2D eigenvalue weighted by Gasteiger charge is -2.13. The van der Waals surface area contributed by atoms with E-state index in [2.05, 4.69) is 20.8 Å². The van der Waals surface area contributed by atoms with Gasteiger partial charge in [0.25, 0.3) is 0 Å². The van der Waals surface area contributed by atoms with Crippen LogP contribution in [0.4, 0.5) is 10.5 Å². The van der Waals surface area contributed by atoms with Crippen LogP contribution in [0.3, 0.4) is 0 Å². The van der Waals surface area contributed by atoms with E-state index in [1.54, 1.807) is 11.8 Å². The molecule has 1 aliphatic heterocycles. The third-order valence-corrected chi connectivity index (χ3v) is 5.74. The molecule has 2 N–H and O–H groups in total. The number of hydrogen-bond donors (Lipinski definition) is 2. The summed E-state index contributed by atoms with van der Waals surface area (Å²) in [6.45, 7) is 1.95. The van der Waals surface area contributed by atoms with Gasteiger partial charge < -0.3 is 10.6 Å². The number of imide groups is 1. The van der Waals surface area contributed by atoms with E-state index in [1.165, 1.54) is 11.8 Å². The fraction of sp³-hybridized carbons (Fsp3) is 0.421. The van der Waals surface area contributed by atoms with Crippen molar-refractivity contribution in [2.45, 2.75) is 37.3 Å². The number of carbonyl (C=O) groups is 3. The predicted molar refractivity (Wildman–Crippen MR) is 108 cm³/mol. The third kappa shape index (κ3) is 4.42. The van der Waals surface area contributed by atoms with Gasteiger partial charge >= 0.3 is 6.03 Å². The molecule has 10 heteroatoms. The number of anilines is 1. The number of aromatic nitrogens is 3. The van der Waals surface area contributed by atoms with Gasteiger partial charge in [-0.2, -0.15) is 0 Å². The highest BCUT2D eigenvalue weighted by Gasteiger charge is 2.31. The Kier molecular flexibility index (Phi) is 5.52. The Bertz CT molecular complexity index is 939. The first-order chi connectivity index (χ1) is 14.0. The molecule has 2 aromatic rings. The molecule has 1 saturated carbocycles. The summed E-state index contributed by atoms with van der Waals surface area (Å²) in [5.74, 6) is 1.73. The highest BCUT2D eigenvalue weighted by atomic mass is 32.2. The van der Waals surface area contributed by atoms with Gasteiger partial charge in [0.15, 0.2) is 5.16 Å². The van der Waals surface area contributed by atoms with Gasteiger partial charge in [0.05, 0.1) is 12.2 Å². The highest BCUT2D eigenvalue weighted by molar-refractivity contribution is 7.99. The number of nitrogens with zero attached hydrogens (tertiary/aromatic N) is 4. The van der Waals surface area contributed by atoms with E-state index in [0.29, 0.717) is 24.6 Å². The van der Waals surface area contributed by atoms with Crippen LogP contribution in [0.15, 0.2) is 29.4 Å². The van der Waals surface area contributed by atoms with Crippen molar-refractivity contribution in [3.63, 3.8) is 0 Å². The minimum atomic E-state index is -0.325. The SMILES string of the molecule is CC(=O)Nc1cccc(-n2c(SCCCN3C(=O)CNC3=O)nnc2C2CC2)c1. The number of carbonyl (C=O) groups excluding carboxylic acids is 3. The summed E-state index contributed by atoms with van der Waals surface area (Å²) < 4.78 is 2.04. The van der Waals surface area contributed by atoms with Crippen molar-refractivity contribution in [1.29, 1.82) is 0 Å². The van der Waals surface area contributed by atoms with Gasteiger partial charge in [0.1, 0.15) is 5.82 Å². The van der Waals surface area contributed by atoms with Crippen molar-refractivity contribution in [1.82, 2.24) is 25.0 Å². The molecule has 2 heterocycles. The van der Waals surface area contributed by atoms with Crippen LogP contribution in [0.25, 0.3) is 5.69 Å². The van der Waals surface area contributed by atoms with Gasteiger partial charge in [-0.1, -0.05) is 17.8 Å². The summed E-state index contributed by atoms with van der Waals surface area (Å²) in [6, 6.07) is 7.29. The van der Waals surface area contributed by atoms with Crippen LogP contribution in [-0.4, -0.2) is 56.4 Å². The molecule has 1 saturated heterocycles. The number of thioether (sulfide) groups is 1. The standard InChI is InChI=1S/C19H22N6O3S/c1-12(26)21-14-4-2-5-15(10-14)25-17(13-6-7-13)22-23-19(25)29-9-3-8-24-16(27)11-20-18(24)28/h2,4-5,10,13H,3,6-9,11H2,1H3,(H,20,28)(H,21,26). The van der Waals surface area contributed by atoms with Gasteiger partial charge in [0.2, 0.25) is 11.8 Å². The molecule has 0 radical (unpaired) electrons. The molecule has 1 aliphatic carbocycles. The predicted octanol–water partition coefficient (Wildman–Crippen LogP) is 2.14. The average molecular weight is 414 g/mol. The van der Waals surface area contributed by atoms with Gasteiger partial charge in [-0.25, -0.2) is 4.79 Å². The van der Waals surface area contributed by atoms with Crippen LogP contribution in [0.5, 0.6) is 0 Å². The number of urea groups is 1. The maximum Gasteiger partial charge on any atom is 0.324 e. The molecular weight excluding hydrogens is 392 g/mol. The lowest BCUT2D eigenvalue weighted by atomic mass is 10.2. The zero-order valence-electron chi connectivity index (χ0n) is 16.1.